The number of benzene rings is 1. The fraction of sp³-hybridized carbons (Fsp3) is 0.759. The van der Waals surface area contributed by atoms with E-state index in [0.29, 0.717) is 18.6 Å². The SMILES string of the molecule is CCCCC[C@H](CC[C@H]1[C@@H]2Cc3cccc(OCC(=O)O)c3C[C@@H]2C[C@@H]1O)O[C@@H]1O[C@H](CO)[C@H](O)[C@H](O)[C@H]1O. The van der Waals surface area contributed by atoms with Crippen LogP contribution in [0.4, 0.5) is 0 Å². The summed E-state index contributed by atoms with van der Waals surface area (Å²) in [4.78, 5) is 11.0. The Kier molecular flexibility index (Phi) is 10.6. The van der Waals surface area contributed by atoms with Gasteiger partial charge in [-0.25, -0.2) is 4.79 Å². The Morgan fingerprint density at radius 1 is 1.08 bits per heavy atom. The van der Waals surface area contributed by atoms with Crippen molar-refractivity contribution >= 4 is 5.97 Å². The van der Waals surface area contributed by atoms with Crippen molar-refractivity contribution in [1.82, 2.24) is 0 Å². The van der Waals surface area contributed by atoms with E-state index >= 15 is 0 Å². The Bertz CT molecular complexity index is 939. The fourth-order valence-electron chi connectivity index (χ4n) is 6.73. The molecule has 0 amide bonds. The molecule has 1 saturated heterocycles. The van der Waals surface area contributed by atoms with E-state index in [4.69, 9.17) is 19.3 Å². The highest BCUT2D eigenvalue weighted by atomic mass is 16.7. The number of hydrogen-bond donors (Lipinski definition) is 6. The number of hydrogen-bond acceptors (Lipinski definition) is 9. The Morgan fingerprint density at radius 3 is 2.59 bits per heavy atom. The van der Waals surface area contributed by atoms with Crippen molar-refractivity contribution in [2.24, 2.45) is 17.8 Å². The highest BCUT2D eigenvalue weighted by Gasteiger charge is 2.47. The molecule has 3 aliphatic rings. The molecule has 2 aliphatic carbocycles. The number of rotatable bonds is 13. The molecule has 0 aromatic heterocycles. The summed E-state index contributed by atoms with van der Waals surface area (Å²) in [6.07, 6.45) is -0.00325. The molecule has 0 bridgehead atoms. The first-order chi connectivity index (χ1) is 18.7. The van der Waals surface area contributed by atoms with Crippen molar-refractivity contribution in [3.8, 4) is 5.75 Å². The van der Waals surface area contributed by atoms with Crippen molar-refractivity contribution in [3.63, 3.8) is 0 Å². The largest absolute Gasteiger partial charge is 0.482 e. The van der Waals surface area contributed by atoms with Gasteiger partial charge in [0.15, 0.2) is 12.9 Å². The van der Waals surface area contributed by atoms with E-state index in [2.05, 4.69) is 13.0 Å². The molecule has 10 nitrogen and oxygen atoms in total. The first-order valence-corrected chi connectivity index (χ1v) is 14.3. The highest BCUT2D eigenvalue weighted by molar-refractivity contribution is 5.68. The Labute approximate surface area is 229 Å². The lowest BCUT2D eigenvalue weighted by Crippen LogP contribution is -2.59. The topological polar surface area (TPSA) is 166 Å². The van der Waals surface area contributed by atoms with Crippen LogP contribution in [-0.2, 0) is 27.1 Å². The summed E-state index contributed by atoms with van der Waals surface area (Å²) in [6.45, 7) is 1.22. The minimum atomic E-state index is -1.48. The Morgan fingerprint density at radius 2 is 1.87 bits per heavy atom. The average molecular weight is 553 g/mol. The van der Waals surface area contributed by atoms with Crippen LogP contribution in [0.1, 0.15) is 63.0 Å². The van der Waals surface area contributed by atoms with Gasteiger partial charge in [-0.3, -0.25) is 0 Å². The number of carboxylic acid groups (broad SMARTS) is 1. The molecule has 1 heterocycles. The molecule has 0 unspecified atom stereocenters. The predicted octanol–water partition coefficient (Wildman–Crippen LogP) is 1.41. The van der Waals surface area contributed by atoms with Gasteiger partial charge in [-0.2, -0.15) is 0 Å². The minimum Gasteiger partial charge on any atom is -0.482 e. The summed E-state index contributed by atoms with van der Waals surface area (Å²) in [6, 6.07) is 5.74. The Hall–Kier alpha value is -1.79. The molecule has 220 valence electrons. The van der Waals surface area contributed by atoms with Crippen molar-refractivity contribution in [3.05, 3.63) is 29.3 Å². The second-order valence-corrected chi connectivity index (χ2v) is 11.4. The lowest BCUT2D eigenvalue weighted by Gasteiger charge is -2.41. The smallest absolute Gasteiger partial charge is 0.341 e. The number of carbonyl (C=O) groups is 1. The van der Waals surface area contributed by atoms with Gasteiger partial charge in [0.25, 0.3) is 0 Å². The lowest BCUT2D eigenvalue weighted by molar-refractivity contribution is -0.312. The van der Waals surface area contributed by atoms with Gasteiger partial charge in [0, 0.05) is 0 Å². The molecule has 0 spiro atoms. The molecule has 1 aromatic rings. The first-order valence-electron chi connectivity index (χ1n) is 14.3. The van der Waals surface area contributed by atoms with E-state index in [9.17, 15) is 30.3 Å². The van der Waals surface area contributed by atoms with Gasteiger partial charge in [0.2, 0.25) is 0 Å². The fourth-order valence-corrected chi connectivity index (χ4v) is 6.73. The minimum absolute atomic E-state index is 0.0684. The van der Waals surface area contributed by atoms with Crippen LogP contribution in [0.2, 0.25) is 0 Å². The standard InChI is InChI=1S/C29H44O10/c1-2-3-4-7-18(38-29-28(36)27(35)26(34)24(14-30)39-29)9-10-19-20-11-16-6-5-8-23(37-15-25(32)33)21(16)12-17(20)13-22(19)31/h5-6,8,17-20,22,24,26-31,34-36H,2-4,7,9-15H2,1H3,(H,32,33)/t17-,18-,19+,20-,22+,24-,26+,27+,28-,29-/m1/s1. The van der Waals surface area contributed by atoms with Crippen molar-refractivity contribution in [2.45, 2.75) is 108 Å². The third-order valence-electron chi connectivity index (χ3n) is 8.82. The zero-order valence-corrected chi connectivity index (χ0v) is 22.6. The second-order valence-electron chi connectivity index (χ2n) is 11.4. The quantitative estimate of drug-likeness (QED) is 0.197. The third kappa shape index (κ3) is 7.11. The van der Waals surface area contributed by atoms with Crippen LogP contribution in [-0.4, -0.2) is 92.7 Å². The van der Waals surface area contributed by atoms with Crippen LogP contribution >= 0.6 is 0 Å². The van der Waals surface area contributed by atoms with Gasteiger partial charge in [0.1, 0.15) is 30.2 Å². The maximum absolute atomic E-state index is 11.1. The van der Waals surface area contributed by atoms with Crippen molar-refractivity contribution in [1.29, 1.82) is 0 Å². The number of ether oxygens (including phenoxy) is 3. The van der Waals surface area contributed by atoms with Gasteiger partial charge in [-0.05, 0) is 73.5 Å². The van der Waals surface area contributed by atoms with E-state index in [-0.39, 0.29) is 30.5 Å². The molecule has 1 aromatic carbocycles. The zero-order chi connectivity index (χ0) is 28.1. The van der Waals surface area contributed by atoms with Crippen molar-refractivity contribution < 1.29 is 49.6 Å². The van der Waals surface area contributed by atoms with E-state index in [1.807, 2.05) is 12.1 Å². The molecule has 1 aliphatic heterocycles. The van der Waals surface area contributed by atoms with Crippen LogP contribution in [0.25, 0.3) is 0 Å². The average Bonchev–Trinajstić information content (AvgIpc) is 3.22. The maximum atomic E-state index is 11.1. The van der Waals surface area contributed by atoms with E-state index in [1.54, 1.807) is 0 Å². The number of aliphatic carboxylic acids is 1. The van der Waals surface area contributed by atoms with Gasteiger partial charge < -0.3 is 44.8 Å². The summed E-state index contributed by atoms with van der Waals surface area (Å²) in [5, 5.41) is 60.4. The van der Waals surface area contributed by atoms with E-state index < -0.39 is 49.4 Å². The summed E-state index contributed by atoms with van der Waals surface area (Å²) in [5.41, 5.74) is 2.17. The number of fused-ring (bicyclic) bond motifs is 2. The van der Waals surface area contributed by atoms with Gasteiger partial charge in [0.05, 0.1) is 18.8 Å². The van der Waals surface area contributed by atoms with E-state index in [1.165, 1.54) is 0 Å². The molecule has 0 radical (unpaired) electrons. The van der Waals surface area contributed by atoms with Crippen LogP contribution in [0.3, 0.4) is 0 Å². The molecular formula is C29H44O10. The first kappa shape index (κ1) is 30.2. The number of unbranched alkanes of at least 4 members (excludes halogenated alkanes) is 2. The molecule has 2 fully saturated rings. The lowest BCUT2D eigenvalue weighted by atomic mass is 9.73. The van der Waals surface area contributed by atoms with Crippen LogP contribution in [0, 0.1) is 17.8 Å². The third-order valence-corrected chi connectivity index (χ3v) is 8.82. The molecule has 10 heteroatoms. The number of aliphatic hydroxyl groups is 5. The normalized spacial score (nSPS) is 34.8. The number of carboxylic acids is 1. The number of aliphatic hydroxyl groups excluding tert-OH is 5. The summed E-state index contributed by atoms with van der Waals surface area (Å²) >= 11 is 0. The van der Waals surface area contributed by atoms with Crippen molar-refractivity contribution in [2.75, 3.05) is 13.2 Å². The Balaban J connectivity index is 1.42. The monoisotopic (exact) mass is 552 g/mol. The van der Waals surface area contributed by atoms with Gasteiger partial charge in [-0.1, -0.05) is 38.3 Å². The van der Waals surface area contributed by atoms with Gasteiger partial charge >= 0.3 is 5.97 Å². The molecule has 4 rings (SSSR count). The molecule has 10 atom stereocenters. The summed E-state index contributed by atoms with van der Waals surface area (Å²) < 4.78 is 17.3. The highest BCUT2D eigenvalue weighted by Crippen LogP contribution is 2.48. The summed E-state index contributed by atoms with van der Waals surface area (Å²) in [5.74, 6) is 0.217. The van der Waals surface area contributed by atoms with E-state index in [0.717, 1.165) is 56.1 Å². The molecule has 1 saturated carbocycles. The second kappa shape index (κ2) is 13.7. The van der Waals surface area contributed by atoms with Crippen LogP contribution in [0.5, 0.6) is 5.75 Å². The van der Waals surface area contributed by atoms with Crippen LogP contribution in [0.15, 0.2) is 18.2 Å². The molecule has 6 N–H and O–H groups in total. The molecular weight excluding hydrogens is 508 g/mol. The molecule has 39 heavy (non-hydrogen) atoms. The van der Waals surface area contributed by atoms with Crippen LogP contribution < -0.4 is 4.74 Å². The predicted molar refractivity (Wildman–Crippen MR) is 140 cm³/mol. The zero-order valence-electron chi connectivity index (χ0n) is 22.6. The van der Waals surface area contributed by atoms with Gasteiger partial charge in [-0.15, -0.1) is 0 Å². The maximum Gasteiger partial charge on any atom is 0.341 e. The summed E-state index contributed by atoms with van der Waals surface area (Å²) in [7, 11) is 0.